The van der Waals surface area contributed by atoms with Crippen LogP contribution in [0.2, 0.25) is 0 Å². The fourth-order valence-electron chi connectivity index (χ4n) is 2.75. The van der Waals surface area contributed by atoms with E-state index in [0.717, 1.165) is 10.2 Å². The molecule has 3 rings (SSSR count). The molecule has 1 unspecified atom stereocenters. The van der Waals surface area contributed by atoms with Gasteiger partial charge >= 0.3 is 6.03 Å². The van der Waals surface area contributed by atoms with Gasteiger partial charge < -0.3 is 9.80 Å². The second kappa shape index (κ2) is 5.05. The van der Waals surface area contributed by atoms with E-state index in [1.165, 1.54) is 4.90 Å². The Bertz CT molecular complexity index is 565. The van der Waals surface area contributed by atoms with Gasteiger partial charge in [0.1, 0.15) is 6.04 Å². The lowest BCUT2D eigenvalue weighted by Crippen LogP contribution is -2.53. The third kappa shape index (κ3) is 2.06. The summed E-state index contributed by atoms with van der Waals surface area (Å²) >= 11 is 3.40. The number of urea groups is 1. The van der Waals surface area contributed by atoms with Crippen molar-refractivity contribution < 1.29 is 9.59 Å². The summed E-state index contributed by atoms with van der Waals surface area (Å²) in [6.07, 6.45) is 3.50. The number of piperazine rings is 1. The first-order valence-corrected chi connectivity index (χ1v) is 7.38. The molecule has 7 heteroatoms. The van der Waals surface area contributed by atoms with Crippen LogP contribution in [0.1, 0.15) is 6.92 Å². The summed E-state index contributed by atoms with van der Waals surface area (Å²) < 4.78 is 0.904. The van der Waals surface area contributed by atoms with Gasteiger partial charge in [-0.15, -0.1) is 0 Å². The van der Waals surface area contributed by atoms with Crippen molar-refractivity contribution in [2.45, 2.75) is 13.0 Å². The van der Waals surface area contributed by atoms with E-state index in [1.54, 1.807) is 17.3 Å². The van der Waals surface area contributed by atoms with Gasteiger partial charge in [-0.1, -0.05) is 0 Å². The number of fused-ring (bicyclic) bond motifs is 1. The molecule has 0 radical (unpaired) electrons. The van der Waals surface area contributed by atoms with Gasteiger partial charge in [-0.25, -0.2) is 4.79 Å². The Morgan fingerprint density at radius 3 is 2.85 bits per heavy atom. The number of nitrogens with zero attached hydrogens (tertiary/aromatic N) is 4. The maximum atomic E-state index is 12.2. The van der Waals surface area contributed by atoms with Crippen LogP contribution in [-0.2, 0) is 4.79 Å². The summed E-state index contributed by atoms with van der Waals surface area (Å²) in [5.74, 6) is -0.0924. The molecule has 1 aromatic heterocycles. The molecule has 6 nitrogen and oxygen atoms in total. The molecule has 2 aliphatic rings. The zero-order valence-corrected chi connectivity index (χ0v) is 12.7. The number of likely N-dealkylation sites (N-methyl/N-ethyl adjacent to an activating group) is 1. The summed E-state index contributed by atoms with van der Waals surface area (Å²) in [7, 11) is 0. The zero-order valence-electron chi connectivity index (χ0n) is 11.1. The summed E-state index contributed by atoms with van der Waals surface area (Å²) in [5.41, 5.74) is 0.967. The first-order chi connectivity index (χ1) is 9.61. The Labute approximate surface area is 125 Å². The minimum Gasteiger partial charge on any atom is -0.366 e. The van der Waals surface area contributed by atoms with Crippen LogP contribution in [-0.4, -0.2) is 58.9 Å². The van der Waals surface area contributed by atoms with E-state index in [1.807, 2.05) is 13.0 Å². The van der Waals surface area contributed by atoms with Crippen LogP contribution in [0.15, 0.2) is 22.9 Å². The summed E-state index contributed by atoms with van der Waals surface area (Å²) in [6.45, 7) is 4.07. The number of pyridine rings is 1. The van der Waals surface area contributed by atoms with Gasteiger partial charge in [-0.05, 0) is 28.9 Å². The average molecular weight is 339 g/mol. The van der Waals surface area contributed by atoms with E-state index >= 15 is 0 Å². The van der Waals surface area contributed by atoms with Gasteiger partial charge in [-0.2, -0.15) is 0 Å². The van der Waals surface area contributed by atoms with Crippen molar-refractivity contribution in [3.8, 4) is 0 Å². The average Bonchev–Trinajstić information content (AvgIpc) is 2.70. The molecule has 3 heterocycles. The molecular formula is C13H15BrN4O2. The molecule has 106 valence electrons. The molecule has 0 aliphatic carbocycles. The largest absolute Gasteiger partial charge is 0.366 e. The van der Waals surface area contributed by atoms with E-state index in [9.17, 15) is 9.59 Å². The standard InChI is InChI=1S/C13H15BrN4O2/c1-2-17-12(19)11-8-16(3-4-18(11)13(17)20)10-5-9(14)6-15-7-10/h5-7,11H,2-4,8H2,1H3. The molecule has 2 aliphatic heterocycles. The van der Waals surface area contributed by atoms with Crippen molar-refractivity contribution in [3.63, 3.8) is 0 Å². The van der Waals surface area contributed by atoms with Crippen molar-refractivity contribution in [1.29, 1.82) is 0 Å². The highest BCUT2D eigenvalue weighted by Crippen LogP contribution is 2.26. The van der Waals surface area contributed by atoms with Crippen LogP contribution in [0.25, 0.3) is 0 Å². The fourth-order valence-corrected chi connectivity index (χ4v) is 3.10. The number of anilines is 1. The molecule has 0 aromatic carbocycles. The maximum absolute atomic E-state index is 12.2. The number of rotatable bonds is 2. The lowest BCUT2D eigenvalue weighted by Gasteiger charge is -2.36. The third-order valence-corrected chi connectivity index (χ3v) is 4.21. The smallest absolute Gasteiger partial charge is 0.327 e. The molecule has 0 saturated carbocycles. The summed E-state index contributed by atoms with van der Waals surface area (Å²) in [4.78, 5) is 33.6. The summed E-state index contributed by atoms with van der Waals surface area (Å²) in [5, 5.41) is 0. The van der Waals surface area contributed by atoms with Crippen LogP contribution >= 0.6 is 15.9 Å². The van der Waals surface area contributed by atoms with Crippen LogP contribution < -0.4 is 4.90 Å². The molecule has 20 heavy (non-hydrogen) atoms. The number of halogens is 1. The van der Waals surface area contributed by atoms with Crippen LogP contribution in [0.4, 0.5) is 10.5 Å². The third-order valence-electron chi connectivity index (χ3n) is 3.78. The number of aromatic nitrogens is 1. The molecule has 1 atom stereocenters. The molecule has 3 amide bonds. The molecule has 2 fully saturated rings. The topological polar surface area (TPSA) is 56.8 Å². The van der Waals surface area contributed by atoms with Crippen molar-refractivity contribution in [2.75, 3.05) is 31.1 Å². The molecule has 0 bridgehead atoms. The Balaban J connectivity index is 1.82. The number of imide groups is 1. The van der Waals surface area contributed by atoms with Gasteiger partial charge in [-0.3, -0.25) is 14.7 Å². The SMILES string of the molecule is CCN1C(=O)C2CN(c3cncc(Br)c3)CCN2C1=O. The van der Waals surface area contributed by atoms with Crippen LogP contribution in [0.3, 0.4) is 0 Å². The molecule has 2 saturated heterocycles. The van der Waals surface area contributed by atoms with Crippen molar-refractivity contribution in [2.24, 2.45) is 0 Å². The van der Waals surface area contributed by atoms with Gasteiger partial charge in [0.15, 0.2) is 0 Å². The second-order valence-electron chi connectivity index (χ2n) is 4.88. The number of carbonyl (C=O) groups is 2. The van der Waals surface area contributed by atoms with Gasteiger partial charge in [0.2, 0.25) is 0 Å². The number of carbonyl (C=O) groups excluding carboxylic acids is 2. The Kier molecular flexibility index (Phi) is 3.37. The first kappa shape index (κ1) is 13.4. The monoisotopic (exact) mass is 338 g/mol. The van der Waals surface area contributed by atoms with E-state index in [4.69, 9.17) is 0 Å². The van der Waals surface area contributed by atoms with Gasteiger partial charge in [0.05, 0.1) is 11.9 Å². The first-order valence-electron chi connectivity index (χ1n) is 6.59. The molecular weight excluding hydrogens is 324 g/mol. The maximum Gasteiger partial charge on any atom is 0.327 e. The van der Waals surface area contributed by atoms with E-state index < -0.39 is 0 Å². The predicted molar refractivity (Wildman–Crippen MR) is 77.4 cm³/mol. The molecule has 0 spiro atoms. The predicted octanol–water partition coefficient (Wildman–Crippen LogP) is 1.32. The Morgan fingerprint density at radius 2 is 2.15 bits per heavy atom. The highest BCUT2D eigenvalue weighted by atomic mass is 79.9. The van der Waals surface area contributed by atoms with Crippen molar-refractivity contribution in [3.05, 3.63) is 22.9 Å². The fraction of sp³-hybridized carbons (Fsp3) is 0.462. The highest BCUT2D eigenvalue weighted by molar-refractivity contribution is 9.10. The van der Waals surface area contributed by atoms with E-state index in [0.29, 0.717) is 26.2 Å². The number of amides is 3. The quantitative estimate of drug-likeness (QED) is 0.763. The van der Waals surface area contributed by atoms with Crippen LogP contribution in [0, 0.1) is 0 Å². The van der Waals surface area contributed by atoms with Crippen molar-refractivity contribution in [1.82, 2.24) is 14.8 Å². The highest BCUT2D eigenvalue weighted by Gasteiger charge is 2.46. The van der Waals surface area contributed by atoms with Crippen molar-refractivity contribution >= 4 is 33.6 Å². The number of hydrogen-bond donors (Lipinski definition) is 0. The lowest BCUT2D eigenvalue weighted by molar-refractivity contribution is -0.128. The zero-order chi connectivity index (χ0) is 14.3. The van der Waals surface area contributed by atoms with E-state index in [-0.39, 0.29) is 18.0 Å². The Hall–Kier alpha value is -1.63. The van der Waals surface area contributed by atoms with Gasteiger partial charge in [0.25, 0.3) is 5.91 Å². The van der Waals surface area contributed by atoms with Crippen LogP contribution in [0.5, 0.6) is 0 Å². The van der Waals surface area contributed by atoms with E-state index in [2.05, 4.69) is 25.8 Å². The summed E-state index contributed by atoms with van der Waals surface area (Å²) in [6, 6.07) is 1.45. The number of hydrogen-bond acceptors (Lipinski definition) is 4. The minimum atomic E-state index is -0.366. The Morgan fingerprint density at radius 1 is 1.35 bits per heavy atom. The van der Waals surface area contributed by atoms with Gasteiger partial charge in [0, 0.05) is 36.8 Å². The second-order valence-corrected chi connectivity index (χ2v) is 5.80. The lowest BCUT2D eigenvalue weighted by atomic mass is 10.1. The minimum absolute atomic E-state index is 0.0924. The normalized spacial score (nSPS) is 22.5. The molecule has 0 N–H and O–H groups in total. The molecule has 1 aromatic rings.